The van der Waals surface area contributed by atoms with Crippen LogP contribution in [0.4, 0.5) is 0 Å². The van der Waals surface area contributed by atoms with Crippen LogP contribution in [-0.4, -0.2) is 41.9 Å². The van der Waals surface area contributed by atoms with Gasteiger partial charge in [-0.1, -0.05) is 12.8 Å². The summed E-state index contributed by atoms with van der Waals surface area (Å²) in [6.45, 7) is 2.99. The van der Waals surface area contributed by atoms with E-state index in [0.717, 1.165) is 38.6 Å². The van der Waals surface area contributed by atoms with E-state index in [1.807, 2.05) is 6.92 Å². The van der Waals surface area contributed by atoms with Crippen molar-refractivity contribution in [2.24, 2.45) is 11.7 Å². The van der Waals surface area contributed by atoms with E-state index in [2.05, 4.69) is 5.32 Å². The van der Waals surface area contributed by atoms with Crippen LogP contribution < -0.4 is 11.1 Å². The number of hydrogen-bond acceptors (Lipinski definition) is 3. The van der Waals surface area contributed by atoms with Crippen LogP contribution >= 0.6 is 0 Å². The van der Waals surface area contributed by atoms with Gasteiger partial charge in [-0.05, 0) is 32.7 Å². The lowest BCUT2D eigenvalue weighted by molar-refractivity contribution is -0.141. The van der Waals surface area contributed by atoms with E-state index >= 15 is 0 Å². The first-order chi connectivity index (χ1) is 8.59. The van der Waals surface area contributed by atoms with Crippen molar-refractivity contribution in [2.75, 3.05) is 13.1 Å². The predicted molar refractivity (Wildman–Crippen MR) is 68.7 cm³/mol. The molecule has 0 aromatic rings. The van der Waals surface area contributed by atoms with Gasteiger partial charge in [-0.3, -0.25) is 9.59 Å². The maximum atomic E-state index is 12.6. The van der Waals surface area contributed by atoms with Gasteiger partial charge in [-0.25, -0.2) is 0 Å². The molecule has 0 aromatic carbocycles. The Morgan fingerprint density at radius 3 is 2.44 bits per heavy atom. The van der Waals surface area contributed by atoms with Crippen molar-refractivity contribution < 1.29 is 9.59 Å². The summed E-state index contributed by atoms with van der Waals surface area (Å²) in [7, 11) is 0. The third-order valence-corrected chi connectivity index (χ3v) is 4.22. The van der Waals surface area contributed by atoms with E-state index in [1.165, 1.54) is 0 Å². The number of carbonyl (C=O) groups excluding carboxylic acids is 2. The molecule has 0 bridgehead atoms. The third kappa shape index (κ3) is 2.83. The molecule has 0 radical (unpaired) electrons. The first-order valence-corrected chi connectivity index (χ1v) is 6.91. The van der Waals surface area contributed by atoms with Crippen molar-refractivity contribution in [3.63, 3.8) is 0 Å². The average molecular weight is 253 g/mol. The Kier molecular flexibility index (Phi) is 4.22. The van der Waals surface area contributed by atoms with Gasteiger partial charge in [-0.2, -0.15) is 0 Å². The van der Waals surface area contributed by atoms with E-state index in [-0.39, 0.29) is 30.5 Å². The minimum atomic E-state index is -0.408. The van der Waals surface area contributed by atoms with Crippen LogP contribution in [0.3, 0.4) is 0 Å². The van der Waals surface area contributed by atoms with Crippen molar-refractivity contribution in [3.05, 3.63) is 0 Å². The maximum absolute atomic E-state index is 12.6. The van der Waals surface area contributed by atoms with Crippen molar-refractivity contribution in [1.29, 1.82) is 0 Å². The molecule has 2 fully saturated rings. The molecule has 18 heavy (non-hydrogen) atoms. The second-order valence-corrected chi connectivity index (χ2v) is 5.51. The first kappa shape index (κ1) is 13.3. The van der Waals surface area contributed by atoms with Crippen LogP contribution in [0.2, 0.25) is 0 Å². The van der Waals surface area contributed by atoms with E-state index in [1.54, 1.807) is 4.90 Å². The topological polar surface area (TPSA) is 75.4 Å². The number of primary amides is 1. The number of nitrogens with two attached hydrogens (primary N) is 1. The highest BCUT2D eigenvalue weighted by Crippen LogP contribution is 2.27. The Morgan fingerprint density at radius 1 is 1.28 bits per heavy atom. The largest absolute Gasteiger partial charge is 0.368 e. The summed E-state index contributed by atoms with van der Waals surface area (Å²) in [6, 6.07) is 0.423. The van der Waals surface area contributed by atoms with Crippen LogP contribution in [0, 0.1) is 5.92 Å². The molecule has 102 valence electrons. The normalized spacial score (nSPS) is 28.5. The van der Waals surface area contributed by atoms with E-state index in [9.17, 15) is 9.59 Å². The molecule has 1 saturated heterocycles. The Hall–Kier alpha value is -1.10. The monoisotopic (exact) mass is 253 g/mol. The van der Waals surface area contributed by atoms with Crippen LogP contribution in [0.25, 0.3) is 0 Å². The number of nitrogens with zero attached hydrogens (tertiary/aromatic N) is 1. The smallest absolute Gasteiger partial charge is 0.237 e. The molecule has 2 unspecified atom stereocenters. The molecule has 1 heterocycles. The van der Waals surface area contributed by atoms with E-state index < -0.39 is 5.91 Å². The Morgan fingerprint density at radius 2 is 1.94 bits per heavy atom. The molecular formula is C13H23N3O2. The lowest BCUT2D eigenvalue weighted by Gasteiger charge is -2.31. The molecule has 1 aliphatic carbocycles. The highest BCUT2D eigenvalue weighted by atomic mass is 16.2. The zero-order chi connectivity index (χ0) is 13.1. The summed E-state index contributed by atoms with van der Waals surface area (Å²) in [5, 5.41) is 3.29. The van der Waals surface area contributed by atoms with Crippen molar-refractivity contribution in [2.45, 2.75) is 51.1 Å². The van der Waals surface area contributed by atoms with Gasteiger partial charge in [0.2, 0.25) is 11.8 Å². The molecule has 0 aromatic heterocycles. The fourth-order valence-electron chi connectivity index (χ4n) is 3.18. The summed E-state index contributed by atoms with van der Waals surface area (Å²) in [5.41, 5.74) is 5.28. The lowest BCUT2D eigenvalue weighted by atomic mass is 9.99. The van der Waals surface area contributed by atoms with Crippen molar-refractivity contribution in [3.8, 4) is 0 Å². The second-order valence-electron chi connectivity index (χ2n) is 5.51. The fraction of sp³-hybridized carbons (Fsp3) is 0.846. The standard InChI is InChI=1S/C13H23N3O2/c1-9-11(6-7-15-9)13(18)16(8-12(14)17)10-4-2-3-5-10/h9-11,15H,2-8H2,1H3,(H2,14,17). The predicted octanol–water partition coefficient (Wildman–Crippen LogP) is 0.241. The quantitative estimate of drug-likeness (QED) is 0.753. The summed E-state index contributed by atoms with van der Waals surface area (Å²) in [6.07, 6.45) is 5.17. The molecule has 2 rings (SSSR count). The summed E-state index contributed by atoms with van der Waals surface area (Å²) in [5.74, 6) is -0.294. The van der Waals surface area contributed by atoms with Gasteiger partial charge >= 0.3 is 0 Å². The van der Waals surface area contributed by atoms with E-state index in [4.69, 9.17) is 5.73 Å². The third-order valence-electron chi connectivity index (χ3n) is 4.22. The Balaban J connectivity index is 2.06. The average Bonchev–Trinajstić information content (AvgIpc) is 2.95. The zero-order valence-electron chi connectivity index (χ0n) is 11.0. The number of amides is 2. The SMILES string of the molecule is CC1NCCC1C(=O)N(CC(N)=O)C1CCCC1. The van der Waals surface area contributed by atoms with Gasteiger partial charge in [0.15, 0.2) is 0 Å². The van der Waals surface area contributed by atoms with Crippen LogP contribution in [0.5, 0.6) is 0 Å². The molecule has 2 atom stereocenters. The number of rotatable bonds is 4. The minimum Gasteiger partial charge on any atom is -0.368 e. The molecule has 3 N–H and O–H groups in total. The summed E-state index contributed by atoms with van der Waals surface area (Å²) in [4.78, 5) is 25.5. The molecule has 2 aliphatic rings. The summed E-state index contributed by atoms with van der Waals surface area (Å²) < 4.78 is 0. The van der Waals surface area contributed by atoms with Gasteiger partial charge in [0, 0.05) is 12.1 Å². The number of nitrogens with one attached hydrogen (secondary N) is 1. The first-order valence-electron chi connectivity index (χ1n) is 6.91. The van der Waals surface area contributed by atoms with E-state index in [0.29, 0.717) is 0 Å². The summed E-state index contributed by atoms with van der Waals surface area (Å²) >= 11 is 0. The number of hydrogen-bond donors (Lipinski definition) is 2. The van der Waals surface area contributed by atoms with Crippen LogP contribution in [-0.2, 0) is 9.59 Å². The molecule has 1 saturated carbocycles. The molecule has 2 amide bonds. The minimum absolute atomic E-state index is 0.00458. The molecule has 5 heteroatoms. The highest BCUT2D eigenvalue weighted by molar-refractivity contribution is 5.86. The van der Waals surface area contributed by atoms with Gasteiger partial charge in [0.1, 0.15) is 0 Å². The van der Waals surface area contributed by atoms with Crippen LogP contribution in [0.15, 0.2) is 0 Å². The number of carbonyl (C=O) groups is 2. The van der Waals surface area contributed by atoms with Crippen LogP contribution in [0.1, 0.15) is 39.0 Å². The Labute approximate surface area is 108 Å². The van der Waals surface area contributed by atoms with Gasteiger partial charge in [-0.15, -0.1) is 0 Å². The molecule has 0 spiro atoms. The molecule has 1 aliphatic heterocycles. The maximum Gasteiger partial charge on any atom is 0.237 e. The zero-order valence-corrected chi connectivity index (χ0v) is 11.0. The van der Waals surface area contributed by atoms with Crippen molar-refractivity contribution in [1.82, 2.24) is 10.2 Å². The molecular weight excluding hydrogens is 230 g/mol. The van der Waals surface area contributed by atoms with Gasteiger partial charge in [0.25, 0.3) is 0 Å². The fourth-order valence-corrected chi connectivity index (χ4v) is 3.18. The second kappa shape index (κ2) is 5.69. The highest BCUT2D eigenvalue weighted by Gasteiger charge is 2.36. The lowest BCUT2D eigenvalue weighted by Crippen LogP contribution is -2.48. The van der Waals surface area contributed by atoms with Gasteiger partial charge in [0.05, 0.1) is 12.5 Å². The van der Waals surface area contributed by atoms with Crippen molar-refractivity contribution >= 4 is 11.8 Å². The van der Waals surface area contributed by atoms with Gasteiger partial charge < -0.3 is 16.0 Å². The Bertz CT molecular complexity index is 326. The molecule has 5 nitrogen and oxygen atoms in total.